The number of nitrogens with zero attached hydrogens (tertiary/aromatic N) is 1. The van der Waals surface area contributed by atoms with Crippen LogP contribution in [0.5, 0.6) is 0 Å². The lowest BCUT2D eigenvalue weighted by Crippen LogP contribution is -1.90. The molecule has 0 saturated carbocycles. The Balaban J connectivity index is 1.48. The molecule has 0 spiro atoms. The van der Waals surface area contributed by atoms with Crippen LogP contribution in [0.25, 0.3) is 23.2 Å². The Labute approximate surface area is 141 Å². The van der Waals surface area contributed by atoms with Crippen molar-refractivity contribution in [2.45, 2.75) is 6.42 Å². The van der Waals surface area contributed by atoms with E-state index in [1.165, 1.54) is 16.7 Å². The fraction of sp³-hybridized carbons (Fsp3) is 0.0455. The first-order valence-electron chi connectivity index (χ1n) is 8.12. The Morgan fingerprint density at radius 1 is 0.708 bits per heavy atom. The zero-order valence-corrected chi connectivity index (χ0v) is 13.3. The van der Waals surface area contributed by atoms with Gasteiger partial charge in [-0.05, 0) is 28.8 Å². The van der Waals surface area contributed by atoms with Crippen molar-refractivity contribution in [3.8, 4) is 0 Å². The highest BCUT2D eigenvalue weighted by atomic mass is 14.9. The molecule has 24 heavy (non-hydrogen) atoms. The SMILES string of the molecule is C(=Cc1ccc(Cc2nc3ccccc3[nH]2)cc1)c1ccccc1. The number of nitrogens with one attached hydrogen (secondary N) is 1. The number of fused-ring (bicyclic) bond motifs is 1. The van der Waals surface area contributed by atoms with Crippen LogP contribution in [0.15, 0.2) is 78.9 Å². The Kier molecular flexibility index (Phi) is 3.95. The van der Waals surface area contributed by atoms with Crippen molar-refractivity contribution in [1.82, 2.24) is 9.97 Å². The molecule has 1 heterocycles. The molecule has 4 aromatic rings. The monoisotopic (exact) mass is 310 g/mol. The molecule has 1 aromatic heterocycles. The van der Waals surface area contributed by atoms with E-state index in [1.807, 2.05) is 24.3 Å². The number of aromatic nitrogens is 2. The minimum absolute atomic E-state index is 0.817. The molecule has 0 bridgehead atoms. The number of benzene rings is 3. The summed E-state index contributed by atoms with van der Waals surface area (Å²) in [6.07, 6.45) is 5.09. The van der Waals surface area contributed by atoms with Gasteiger partial charge in [-0.2, -0.15) is 0 Å². The summed E-state index contributed by atoms with van der Waals surface area (Å²) in [4.78, 5) is 8.02. The highest BCUT2D eigenvalue weighted by molar-refractivity contribution is 5.74. The molecule has 1 N–H and O–H groups in total. The van der Waals surface area contributed by atoms with Gasteiger partial charge in [-0.25, -0.2) is 4.98 Å². The van der Waals surface area contributed by atoms with Crippen molar-refractivity contribution in [3.63, 3.8) is 0 Å². The van der Waals surface area contributed by atoms with E-state index in [2.05, 4.69) is 76.7 Å². The predicted molar refractivity (Wildman–Crippen MR) is 101 cm³/mol. The largest absolute Gasteiger partial charge is 0.342 e. The van der Waals surface area contributed by atoms with E-state index in [9.17, 15) is 0 Å². The highest BCUT2D eigenvalue weighted by Crippen LogP contribution is 2.15. The van der Waals surface area contributed by atoms with E-state index in [0.717, 1.165) is 23.3 Å². The number of H-pyrrole nitrogens is 1. The van der Waals surface area contributed by atoms with Crippen molar-refractivity contribution in [1.29, 1.82) is 0 Å². The molecular formula is C22H18N2. The molecule has 0 aliphatic heterocycles. The van der Waals surface area contributed by atoms with Gasteiger partial charge in [0, 0.05) is 6.42 Å². The quantitative estimate of drug-likeness (QED) is 0.507. The van der Waals surface area contributed by atoms with E-state index in [-0.39, 0.29) is 0 Å². The van der Waals surface area contributed by atoms with E-state index >= 15 is 0 Å². The van der Waals surface area contributed by atoms with E-state index < -0.39 is 0 Å². The van der Waals surface area contributed by atoms with Crippen LogP contribution in [0.4, 0.5) is 0 Å². The minimum atomic E-state index is 0.817. The second-order valence-corrected chi connectivity index (χ2v) is 5.86. The van der Waals surface area contributed by atoms with E-state index in [1.54, 1.807) is 0 Å². The fourth-order valence-corrected chi connectivity index (χ4v) is 2.79. The number of para-hydroxylation sites is 2. The van der Waals surface area contributed by atoms with Crippen LogP contribution in [0.2, 0.25) is 0 Å². The lowest BCUT2D eigenvalue weighted by Gasteiger charge is -2.00. The van der Waals surface area contributed by atoms with Gasteiger partial charge in [-0.1, -0.05) is 78.9 Å². The van der Waals surface area contributed by atoms with Crippen LogP contribution in [0.3, 0.4) is 0 Å². The molecule has 0 saturated heterocycles. The van der Waals surface area contributed by atoms with Crippen LogP contribution in [-0.4, -0.2) is 9.97 Å². The standard InChI is InChI=1S/C22H18N2/c1-2-6-17(7-3-1)10-11-18-12-14-19(15-13-18)16-22-23-20-8-4-5-9-21(20)24-22/h1-15H,16H2,(H,23,24). The molecule has 0 unspecified atom stereocenters. The van der Waals surface area contributed by atoms with Gasteiger partial charge in [-0.3, -0.25) is 0 Å². The van der Waals surface area contributed by atoms with Crippen LogP contribution in [0.1, 0.15) is 22.5 Å². The summed E-state index contributed by atoms with van der Waals surface area (Å²) in [7, 11) is 0. The number of rotatable bonds is 4. The molecule has 3 aromatic carbocycles. The first-order valence-corrected chi connectivity index (χ1v) is 8.12. The first kappa shape index (κ1) is 14.5. The first-order chi connectivity index (χ1) is 11.9. The van der Waals surface area contributed by atoms with Gasteiger partial charge in [0.05, 0.1) is 11.0 Å². The molecule has 0 radical (unpaired) electrons. The number of aromatic amines is 1. The van der Waals surface area contributed by atoms with Crippen molar-refractivity contribution in [2.24, 2.45) is 0 Å². The molecule has 0 amide bonds. The van der Waals surface area contributed by atoms with Crippen LogP contribution < -0.4 is 0 Å². The fourth-order valence-electron chi connectivity index (χ4n) is 2.79. The summed E-state index contributed by atoms with van der Waals surface area (Å²) in [5, 5.41) is 0. The van der Waals surface area contributed by atoms with E-state index in [0.29, 0.717) is 0 Å². The molecule has 0 fully saturated rings. The summed E-state index contributed by atoms with van der Waals surface area (Å²) in [5.41, 5.74) is 5.78. The molecule has 0 atom stereocenters. The third-order valence-corrected chi connectivity index (χ3v) is 4.06. The average Bonchev–Trinajstić information content (AvgIpc) is 3.04. The van der Waals surface area contributed by atoms with Gasteiger partial charge in [0.2, 0.25) is 0 Å². The third kappa shape index (κ3) is 3.28. The van der Waals surface area contributed by atoms with Crippen LogP contribution in [-0.2, 0) is 6.42 Å². The zero-order valence-electron chi connectivity index (χ0n) is 13.3. The van der Waals surface area contributed by atoms with Crippen molar-refractivity contribution in [2.75, 3.05) is 0 Å². The summed E-state index contributed by atoms with van der Waals surface area (Å²) in [5.74, 6) is 1.00. The number of imidazole rings is 1. The second kappa shape index (κ2) is 6.55. The lowest BCUT2D eigenvalue weighted by atomic mass is 10.1. The van der Waals surface area contributed by atoms with Crippen LogP contribution in [0, 0.1) is 0 Å². The molecule has 4 rings (SSSR count). The number of hydrogen-bond donors (Lipinski definition) is 1. The maximum Gasteiger partial charge on any atom is 0.111 e. The zero-order chi connectivity index (χ0) is 16.2. The Bertz CT molecular complexity index is 931. The minimum Gasteiger partial charge on any atom is -0.342 e. The second-order valence-electron chi connectivity index (χ2n) is 5.86. The Morgan fingerprint density at radius 3 is 2.12 bits per heavy atom. The average molecular weight is 310 g/mol. The van der Waals surface area contributed by atoms with Crippen molar-refractivity contribution in [3.05, 3.63) is 101 Å². The van der Waals surface area contributed by atoms with Crippen LogP contribution >= 0.6 is 0 Å². The van der Waals surface area contributed by atoms with Gasteiger partial charge in [0.25, 0.3) is 0 Å². The van der Waals surface area contributed by atoms with Gasteiger partial charge in [0.1, 0.15) is 5.82 Å². The summed E-state index contributed by atoms with van der Waals surface area (Å²) < 4.78 is 0. The molecular weight excluding hydrogens is 292 g/mol. The predicted octanol–water partition coefficient (Wildman–Crippen LogP) is 5.32. The van der Waals surface area contributed by atoms with Gasteiger partial charge < -0.3 is 4.98 Å². The molecule has 116 valence electrons. The van der Waals surface area contributed by atoms with Crippen molar-refractivity contribution >= 4 is 23.2 Å². The van der Waals surface area contributed by atoms with Gasteiger partial charge in [0.15, 0.2) is 0 Å². The normalized spacial score (nSPS) is 11.3. The summed E-state index contributed by atoms with van der Waals surface area (Å²) >= 11 is 0. The Hall–Kier alpha value is -3.13. The maximum absolute atomic E-state index is 4.64. The maximum atomic E-state index is 4.64. The topological polar surface area (TPSA) is 28.7 Å². The lowest BCUT2D eigenvalue weighted by molar-refractivity contribution is 1.04. The van der Waals surface area contributed by atoms with Gasteiger partial charge >= 0.3 is 0 Å². The van der Waals surface area contributed by atoms with E-state index in [4.69, 9.17) is 0 Å². The smallest absolute Gasteiger partial charge is 0.111 e. The molecule has 0 aliphatic carbocycles. The Morgan fingerprint density at radius 2 is 1.38 bits per heavy atom. The molecule has 0 aliphatic rings. The highest BCUT2D eigenvalue weighted by Gasteiger charge is 2.03. The van der Waals surface area contributed by atoms with Gasteiger partial charge in [-0.15, -0.1) is 0 Å². The summed E-state index contributed by atoms with van der Waals surface area (Å²) in [6, 6.07) is 27.1. The molecule has 2 heteroatoms. The summed E-state index contributed by atoms with van der Waals surface area (Å²) in [6.45, 7) is 0. The van der Waals surface area contributed by atoms with Crippen molar-refractivity contribution < 1.29 is 0 Å². The molecule has 2 nitrogen and oxygen atoms in total. The number of hydrogen-bond acceptors (Lipinski definition) is 1. The third-order valence-electron chi connectivity index (χ3n) is 4.06.